The minimum Gasteiger partial charge on any atom is -0.312 e. The highest BCUT2D eigenvalue weighted by Gasteiger charge is 2.00. The molecule has 1 rings (SSSR count). The van der Waals surface area contributed by atoms with Gasteiger partial charge in [0.2, 0.25) is 0 Å². The summed E-state index contributed by atoms with van der Waals surface area (Å²) < 4.78 is 2.65. The number of nitrogens with zero attached hydrogens (tertiary/aromatic N) is 2. The number of aryl methyl sites for hydroxylation is 2. The van der Waals surface area contributed by atoms with Crippen molar-refractivity contribution in [1.82, 2.24) is 9.13 Å². The zero-order chi connectivity index (χ0) is 10.6. The van der Waals surface area contributed by atoms with E-state index >= 15 is 0 Å². The van der Waals surface area contributed by atoms with Gasteiger partial charge in [0.25, 0.3) is 0 Å². The van der Waals surface area contributed by atoms with E-state index in [0.717, 1.165) is 0 Å². The third-order valence-corrected chi connectivity index (χ3v) is 1.95. The van der Waals surface area contributed by atoms with Crippen molar-refractivity contribution in [1.29, 1.82) is 0 Å². The van der Waals surface area contributed by atoms with Crippen LogP contribution in [0.4, 0.5) is 0 Å². The molecule has 0 atom stereocenters. The van der Waals surface area contributed by atoms with Gasteiger partial charge in [-0.05, 0) is 6.42 Å². The van der Waals surface area contributed by atoms with Crippen LogP contribution >= 0.6 is 0 Å². The van der Waals surface area contributed by atoms with Gasteiger partial charge in [-0.25, -0.2) is 0 Å². The van der Waals surface area contributed by atoms with E-state index in [4.69, 9.17) is 6.42 Å². The van der Waals surface area contributed by atoms with Gasteiger partial charge in [0.15, 0.2) is 0 Å². The predicted octanol–water partition coefficient (Wildman–Crippen LogP) is -0.0396. The van der Waals surface area contributed by atoms with E-state index in [2.05, 4.69) is 5.92 Å². The molecule has 0 saturated carbocycles. The van der Waals surface area contributed by atoms with Crippen molar-refractivity contribution in [3.05, 3.63) is 33.1 Å². The average Bonchev–Trinajstić information content (AvgIpc) is 2.18. The zero-order valence-electron chi connectivity index (χ0n) is 8.06. The Morgan fingerprint density at radius 2 is 2.07 bits per heavy atom. The van der Waals surface area contributed by atoms with Crippen LogP contribution in [0.3, 0.4) is 0 Å². The van der Waals surface area contributed by atoms with E-state index in [1.54, 1.807) is 19.4 Å². The van der Waals surface area contributed by atoms with Crippen LogP contribution in [0.25, 0.3) is 0 Å². The quantitative estimate of drug-likeness (QED) is 0.383. The molecule has 1 heterocycles. The van der Waals surface area contributed by atoms with Gasteiger partial charge in [0.05, 0.1) is 0 Å². The number of hydrogen-bond donors (Lipinski definition) is 0. The van der Waals surface area contributed by atoms with Crippen LogP contribution in [0.2, 0.25) is 0 Å². The van der Waals surface area contributed by atoms with E-state index in [-0.39, 0.29) is 0 Å². The second-order valence-corrected chi connectivity index (χ2v) is 3.02. The van der Waals surface area contributed by atoms with Crippen LogP contribution in [0.5, 0.6) is 0 Å². The number of unbranched alkanes of at least 4 members (excludes halogenated alkanes) is 1. The second kappa shape index (κ2) is 4.47. The average molecular weight is 192 g/mol. The molecule has 0 aliphatic heterocycles. The Labute approximate surface area is 81.8 Å². The number of rotatable bonds is 3. The van der Waals surface area contributed by atoms with Crippen LogP contribution in [-0.4, -0.2) is 9.13 Å². The molecule has 1 aromatic heterocycles. The molecule has 74 valence electrons. The first-order chi connectivity index (χ1) is 6.66. The molecular formula is C10H12N2O2. The van der Waals surface area contributed by atoms with Crippen molar-refractivity contribution < 1.29 is 0 Å². The van der Waals surface area contributed by atoms with Crippen LogP contribution in [-0.2, 0) is 13.6 Å². The molecule has 0 amide bonds. The third-order valence-electron chi connectivity index (χ3n) is 1.95. The van der Waals surface area contributed by atoms with Crippen molar-refractivity contribution in [2.75, 3.05) is 0 Å². The Kier molecular flexibility index (Phi) is 3.29. The Balaban J connectivity index is 2.91. The summed E-state index contributed by atoms with van der Waals surface area (Å²) in [5, 5.41) is 0. The summed E-state index contributed by atoms with van der Waals surface area (Å²) in [7, 11) is 1.55. The lowest BCUT2D eigenvalue weighted by Crippen LogP contribution is -2.39. The van der Waals surface area contributed by atoms with Crippen LogP contribution in [0.1, 0.15) is 12.8 Å². The van der Waals surface area contributed by atoms with Crippen LogP contribution in [0, 0.1) is 12.3 Å². The fraction of sp³-hybridized carbons (Fsp3) is 0.400. The van der Waals surface area contributed by atoms with Crippen molar-refractivity contribution in [2.24, 2.45) is 7.05 Å². The molecule has 0 saturated heterocycles. The molecule has 0 aliphatic rings. The lowest BCUT2D eigenvalue weighted by Gasteiger charge is -2.03. The first-order valence-electron chi connectivity index (χ1n) is 4.36. The molecule has 0 radical (unpaired) electrons. The fourth-order valence-electron chi connectivity index (χ4n) is 1.12. The Bertz CT molecular complexity index is 462. The molecule has 4 nitrogen and oxygen atoms in total. The molecule has 0 fully saturated rings. The van der Waals surface area contributed by atoms with E-state index in [1.165, 1.54) is 9.13 Å². The summed E-state index contributed by atoms with van der Waals surface area (Å²) >= 11 is 0. The predicted molar refractivity (Wildman–Crippen MR) is 54.0 cm³/mol. The molecule has 1 aromatic rings. The molecule has 14 heavy (non-hydrogen) atoms. The van der Waals surface area contributed by atoms with Crippen molar-refractivity contribution in [3.63, 3.8) is 0 Å². The highest BCUT2D eigenvalue weighted by Crippen LogP contribution is 1.89. The van der Waals surface area contributed by atoms with Gasteiger partial charge in [0.1, 0.15) is 0 Å². The van der Waals surface area contributed by atoms with Crippen molar-refractivity contribution >= 4 is 0 Å². The van der Waals surface area contributed by atoms with Gasteiger partial charge in [0, 0.05) is 32.4 Å². The molecule has 0 bridgehead atoms. The van der Waals surface area contributed by atoms with E-state index in [9.17, 15) is 9.59 Å². The van der Waals surface area contributed by atoms with Crippen molar-refractivity contribution in [3.8, 4) is 12.3 Å². The summed E-state index contributed by atoms with van der Waals surface area (Å²) in [5.41, 5.74) is -1.000. The smallest absolute Gasteiger partial charge is 0.312 e. The van der Waals surface area contributed by atoms with E-state index < -0.39 is 11.1 Å². The topological polar surface area (TPSA) is 44.0 Å². The van der Waals surface area contributed by atoms with Gasteiger partial charge >= 0.3 is 11.1 Å². The lowest BCUT2D eigenvalue weighted by molar-refractivity contribution is 0.608. The molecule has 0 aromatic carbocycles. The highest BCUT2D eigenvalue weighted by molar-refractivity contribution is 4.86. The van der Waals surface area contributed by atoms with Gasteiger partial charge in [-0.3, -0.25) is 9.59 Å². The van der Waals surface area contributed by atoms with Gasteiger partial charge in [-0.1, -0.05) is 0 Å². The summed E-state index contributed by atoms with van der Waals surface area (Å²) in [6.07, 6.45) is 9.57. The minimum atomic E-state index is -0.506. The SMILES string of the molecule is C#CCCCn1ccn(C)c(=O)c1=O. The molecule has 0 unspecified atom stereocenters. The molecular weight excluding hydrogens is 180 g/mol. The fourth-order valence-corrected chi connectivity index (χ4v) is 1.12. The maximum Gasteiger partial charge on any atom is 0.316 e. The van der Waals surface area contributed by atoms with Gasteiger partial charge < -0.3 is 9.13 Å². The summed E-state index contributed by atoms with van der Waals surface area (Å²) in [6.45, 7) is 0.499. The van der Waals surface area contributed by atoms with Gasteiger partial charge in [-0.15, -0.1) is 12.3 Å². The molecule has 0 N–H and O–H groups in total. The van der Waals surface area contributed by atoms with E-state index in [0.29, 0.717) is 19.4 Å². The van der Waals surface area contributed by atoms with Gasteiger partial charge in [-0.2, -0.15) is 0 Å². The van der Waals surface area contributed by atoms with Crippen LogP contribution in [0.15, 0.2) is 22.0 Å². The maximum atomic E-state index is 11.4. The first kappa shape index (κ1) is 10.3. The Morgan fingerprint density at radius 1 is 1.36 bits per heavy atom. The number of hydrogen-bond acceptors (Lipinski definition) is 2. The summed E-state index contributed by atoms with van der Waals surface area (Å²) in [6, 6.07) is 0. The normalized spacial score (nSPS) is 9.71. The largest absolute Gasteiger partial charge is 0.316 e. The van der Waals surface area contributed by atoms with E-state index in [1.807, 2.05) is 0 Å². The summed E-state index contributed by atoms with van der Waals surface area (Å²) in [4.78, 5) is 22.6. The molecule has 4 heteroatoms. The second-order valence-electron chi connectivity index (χ2n) is 3.02. The minimum absolute atomic E-state index is 0.493. The monoisotopic (exact) mass is 192 g/mol. The maximum absolute atomic E-state index is 11.4. The number of terminal acetylenes is 1. The first-order valence-corrected chi connectivity index (χ1v) is 4.36. The van der Waals surface area contributed by atoms with Crippen molar-refractivity contribution in [2.45, 2.75) is 19.4 Å². The number of aromatic nitrogens is 2. The van der Waals surface area contributed by atoms with Crippen LogP contribution < -0.4 is 11.1 Å². The standard InChI is InChI=1S/C10H12N2O2/c1-3-4-5-6-12-8-7-11(2)9(13)10(12)14/h1,7-8H,4-6H2,2H3. The Hall–Kier alpha value is -1.76. The zero-order valence-corrected chi connectivity index (χ0v) is 8.06. The summed E-state index contributed by atoms with van der Waals surface area (Å²) in [5.74, 6) is 2.48. The lowest BCUT2D eigenvalue weighted by atomic mass is 10.3. The molecule has 0 spiro atoms. The molecule has 0 aliphatic carbocycles. The third kappa shape index (κ3) is 2.13. The Morgan fingerprint density at radius 3 is 2.71 bits per heavy atom. The highest BCUT2D eigenvalue weighted by atomic mass is 16.2.